The SMILES string of the molecule is COc1cccc(CN)c1OCc1cc(C)no1. The molecule has 0 saturated heterocycles. The molecular weight excluding hydrogens is 232 g/mol. The Labute approximate surface area is 105 Å². The number of para-hydroxylation sites is 1. The Kier molecular flexibility index (Phi) is 3.84. The molecule has 18 heavy (non-hydrogen) atoms. The zero-order valence-electron chi connectivity index (χ0n) is 10.5. The normalized spacial score (nSPS) is 10.4. The first kappa shape index (κ1) is 12.4. The largest absolute Gasteiger partial charge is 0.493 e. The highest BCUT2D eigenvalue weighted by Crippen LogP contribution is 2.31. The molecule has 0 radical (unpaired) electrons. The van der Waals surface area contributed by atoms with Gasteiger partial charge in [-0.15, -0.1) is 0 Å². The molecule has 5 nitrogen and oxygen atoms in total. The summed E-state index contributed by atoms with van der Waals surface area (Å²) in [5, 5.41) is 3.80. The lowest BCUT2D eigenvalue weighted by Crippen LogP contribution is -2.04. The summed E-state index contributed by atoms with van der Waals surface area (Å²) in [6, 6.07) is 7.45. The number of nitrogens with zero attached hydrogens (tertiary/aromatic N) is 1. The van der Waals surface area contributed by atoms with E-state index in [2.05, 4.69) is 5.16 Å². The van der Waals surface area contributed by atoms with E-state index in [0.717, 1.165) is 11.3 Å². The quantitative estimate of drug-likeness (QED) is 0.876. The molecule has 0 unspecified atom stereocenters. The summed E-state index contributed by atoms with van der Waals surface area (Å²) in [5.74, 6) is 1.98. The molecule has 96 valence electrons. The predicted molar refractivity (Wildman–Crippen MR) is 66.5 cm³/mol. The van der Waals surface area contributed by atoms with Gasteiger partial charge in [-0.1, -0.05) is 17.3 Å². The Hall–Kier alpha value is -2.01. The third-order valence-electron chi connectivity index (χ3n) is 2.54. The van der Waals surface area contributed by atoms with Crippen LogP contribution in [0.4, 0.5) is 0 Å². The average molecular weight is 248 g/mol. The summed E-state index contributed by atoms with van der Waals surface area (Å²) in [4.78, 5) is 0. The van der Waals surface area contributed by atoms with Crippen LogP contribution in [0.15, 0.2) is 28.8 Å². The molecule has 0 fully saturated rings. The van der Waals surface area contributed by atoms with Gasteiger partial charge in [0.15, 0.2) is 17.3 Å². The van der Waals surface area contributed by atoms with E-state index >= 15 is 0 Å². The van der Waals surface area contributed by atoms with Crippen molar-refractivity contribution in [2.24, 2.45) is 5.73 Å². The Morgan fingerprint density at radius 3 is 2.83 bits per heavy atom. The van der Waals surface area contributed by atoms with Gasteiger partial charge in [0.2, 0.25) is 0 Å². The fraction of sp³-hybridized carbons (Fsp3) is 0.308. The first-order chi connectivity index (χ1) is 8.74. The Morgan fingerprint density at radius 2 is 2.22 bits per heavy atom. The molecule has 0 aliphatic rings. The van der Waals surface area contributed by atoms with E-state index in [9.17, 15) is 0 Å². The lowest BCUT2D eigenvalue weighted by molar-refractivity contribution is 0.237. The fourth-order valence-corrected chi connectivity index (χ4v) is 1.67. The first-order valence-corrected chi connectivity index (χ1v) is 5.65. The van der Waals surface area contributed by atoms with Gasteiger partial charge in [-0.25, -0.2) is 0 Å². The average Bonchev–Trinajstić information content (AvgIpc) is 2.81. The summed E-state index contributed by atoms with van der Waals surface area (Å²) in [7, 11) is 1.60. The number of aryl methyl sites for hydroxylation is 1. The first-order valence-electron chi connectivity index (χ1n) is 5.65. The maximum atomic E-state index is 5.71. The number of nitrogens with two attached hydrogens (primary N) is 1. The maximum Gasteiger partial charge on any atom is 0.174 e. The Balaban J connectivity index is 2.17. The summed E-state index contributed by atoms with van der Waals surface area (Å²) < 4.78 is 16.1. The van der Waals surface area contributed by atoms with E-state index in [-0.39, 0.29) is 0 Å². The molecule has 0 atom stereocenters. The smallest absolute Gasteiger partial charge is 0.174 e. The van der Waals surface area contributed by atoms with Gasteiger partial charge in [0.25, 0.3) is 0 Å². The molecule has 2 aromatic rings. The van der Waals surface area contributed by atoms with Crippen molar-refractivity contribution in [1.82, 2.24) is 5.16 Å². The number of methoxy groups -OCH3 is 1. The second kappa shape index (κ2) is 5.55. The summed E-state index contributed by atoms with van der Waals surface area (Å²) >= 11 is 0. The number of hydrogen-bond acceptors (Lipinski definition) is 5. The maximum absolute atomic E-state index is 5.71. The van der Waals surface area contributed by atoms with E-state index in [1.54, 1.807) is 7.11 Å². The second-order valence-corrected chi connectivity index (χ2v) is 3.88. The third kappa shape index (κ3) is 2.62. The van der Waals surface area contributed by atoms with E-state index in [4.69, 9.17) is 19.7 Å². The van der Waals surface area contributed by atoms with Crippen LogP contribution in [-0.4, -0.2) is 12.3 Å². The predicted octanol–water partition coefficient (Wildman–Crippen LogP) is 2.03. The molecular formula is C13H16N2O3. The number of benzene rings is 1. The molecule has 5 heteroatoms. The Morgan fingerprint density at radius 1 is 1.39 bits per heavy atom. The molecule has 0 amide bonds. The minimum absolute atomic E-state index is 0.300. The van der Waals surface area contributed by atoms with E-state index in [0.29, 0.717) is 30.4 Å². The van der Waals surface area contributed by atoms with Crippen molar-refractivity contribution in [2.45, 2.75) is 20.1 Å². The third-order valence-corrected chi connectivity index (χ3v) is 2.54. The second-order valence-electron chi connectivity index (χ2n) is 3.88. The monoisotopic (exact) mass is 248 g/mol. The number of aromatic nitrogens is 1. The molecule has 2 N–H and O–H groups in total. The van der Waals surface area contributed by atoms with Crippen molar-refractivity contribution >= 4 is 0 Å². The van der Waals surface area contributed by atoms with E-state index in [1.165, 1.54) is 0 Å². The van der Waals surface area contributed by atoms with Crippen LogP contribution in [0.5, 0.6) is 11.5 Å². The van der Waals surface area contributed by atoms with E-state index in [1.807, 2.05) is 31.2 Å². The van der Waals surface area contributed by atoms with E-state index < -0.39 is 0 Å². The van der Waals surface area contributed by atoms with Gasteiger partial charge in [0.05, 0.1) is 12.8 Å². The van der Waals surface area contributed by atoms with Gasteiger partial charge < -0.3 is 19.7 Å². The van der Waals surface area contributed by atoms with Crippen LogP contribution in [0.25, 0.3) is 0 Å². The zero-order chi connectivity index (χ0) is 13.0. The van der Waals surface area contributed by atoms with Gasteiger partial charge in [0.1, 0.15) is 6.61 Å². The topological polar surface area (TPSA) is 70.5 Å². The fourth-order valence-electron chi connectivity index (χ4n) is 1.67. The highest BCUT2D eigenvalue weighted by atomic mass is 16.5. The minimum Gasteiger partial charge on any atom is -0.493 e. The lowest BCUT2D eigenvalue weighted by atomic mass is 10.2. The van der Waals surface area contributed by atoms with Crippen molar-refractivity contribution < 1.29 is 14.0 Å². The van der Waals surface area contributed by atoms with Crippen LogP contribution in [0.3, 0.4) is 0 Å². The van der Waals surface area contributed by atoms with Crippen LogP contribution >= 0.6 is 0 Å². The van der Waals surface area contributed by atoms with Crippen LogP contribution in [0, 0.1) is 6.92 Å². The molecule has 0 aliphatic heterocycles. The molecule has 0 aliphatic carbocycles. The van der Waals surface area contributed by atoms with Crippen molar-refractivity contribution in [1.29, 1.82) is 0 Å². The summed E-state index contributed by atoms with van der Waals surface area (Å²) in [5.41, 5.74) is 7.40. The molecule has 1 aromatic carbocycles. The van der Waals surface area contributed by atoms with Gasteiger partial charge >= 0.3 is 0 Å². The molecule has 2 rings (SSSR count). The van der Waals surface area contributed by atoms with Crippen LogP contribution < -0.4 is 15.2 Å². The molecule has 0 saturated carbocycles. The van der Waals surface area contributed by atoms with Crippen molar-refractivity contribution in [3.63, 3.8) is 0 Å². The van der Waals surface area contributed by atoms with Gasteiger partial charge in [-0.05, 0) is 13.0 Å². The number of rotatable bonds is 5. The zero-order valence-corrected chi connectivity index (χ0v) is 10.5. The lowest BCUT2D eigenvalue weighted by Gasteiger charge is -2.13. The highest BCUT2D eigenvalue weighted by molar-refractivity contribution is 5.46. The number of ether oxygens (including phenoxy) is 2. The molecule has 0 spiro atoms. The van der Waals surface area contributed by atoms with Crippen LogP contribution in [0.1, 0.15) is 17.0 Å². The minimum atomic E-state index is 0.300. The summed E-state index contributed by atoms with van der Waals surface area (Å²) in [6.45, 7) is 2.55. The summed E-state index contributed by atoms with van der Waals surface area (Å²) in [6.07, 6.45) is 0. The van der Waals surface area contributed by atoms with Gasteiger partial charge in [0, 0.05) is 18.2 Å². The van der Waals surface area contributed by atoms with Gasteiger partial charge in [-0.2, -0.15) is 0 Å². The molecule has 1 heterocycles. The Bertz CT molecular complexity index is 500. The highest BCUT2D eigenvalue weighted by Gasteiger charge is 2.11. The van der Waals surface area contributed by atoms with Crippen LogP contribution in [-0.2, 0) is 13.2 Å². The molecule has 0 bridgehead atoms. The molecule has 1 aromatic heterocycles. The van der Waals surface area contributed by atoms with Crippen molar-refractivity contribution in [3.8, 4) is 11.5 Å². The van der Waals surface area contributed by atoms with Gasteiger partial charge in [-0.3, -0.25) is 0 Å². The van der Waals surface area contributed by atoms with Crippen LogP contribution in [0.2, 0.25) is 0 Å². The number of hydrogen-bond donors (Lipinski definition) is 1. The standard InChI is InChI=1S/C13H16N2O3/c1-9-6-11(18-15-9)8-17-13-10(7-14)4-3-5-12(13)16-2/h3-6H,7-8,14H2,1-2H3. The van der Waals surface area contributed by atoms with Crippen molar-refractivity contribution in [2.75, 3.05) is 7.11 Å². The van der Waals surface area contributed by atoms with Crippen molar-refractivity contribution in [3.05, 3.63) is 41.3 Å².